The number of aliphatic carboxylic acids is 1. The van der Waals surface area contributed by atoms with Crippen LogP contribution in [0.5, 0.6) is 5.88 Å². The fraction of sp³-hybridized carbons (Fsp3) is 0.200. The number of anilines is 1. The third kappa shape index (κ3) is 3.30. The maximum absolute atomic E-state index is 10.3. The zero-order chi connectivity index (χ0) is 11.3. The first-order valence-electron chi connectivity index (χ1n) is 4.43. The van der Waals surface area contributed by atoms with Crippen molar-refractivity contribution in [2.24, 2.45) is 0 Å². The molecule has 0 saturated carbocycles. The molecule has 0 saturated heterocycles. The summed E-state index contributed by atoms with van der Waals surface area (Å²) < 4.78 is 5.21. The topological polar surface area (TPSA) is 85.4 Å². The summed E-state index contributed by atoms with van der Waals surface area (Å²) in [5, 5.41) is 8.48. The Morgan fingerprint density at radius 2 is 2.40 bits per heavy atom. The number of pyridine rings is 1. The molecule has 3 N–H and O–H groups in total. The highest BCUT2D eigenvalue weighted by atomic mass is 16.5. The number of aromatic nitrogens is 1. The van der Waals surface area contributed by atoms with E-state index >= 15 is 0 Å². The number of carbonyl (C=O) groups is 1. The smallest absolute Gasteiger partial charge is 0.328 e. The lowest BCUT2D eigenvalue weighted by Crippen LogP contribution is -2.00. The lowest BCUT2D eigenvalue weighted by atomic mass is 10.2. The summed E-state index contributed by atoms with van der Waals surface area (Å²) in [7, 11) is 0. The zero-order valence-electron chi connectivity index (χ0n) is 8.30. The van der Waals surface area contributed by atoms with Crippen molar-refractivity contribution in [2.45, 2.75) is 6.92 Å². The molecule has 0 amide bonds. The Labute approximate surface area is 87.2 Å². The summed E-state index contributed by atoms with van der Waals surface area (Å²) >= 11 is 0. The van der Waals surface area contributed by atoms with E-state index in [2.05, 4.69) is 4.98 Å². The number of carboxylic acid groups (broad SMARTS) is 1. The minimum Gasteiger partial charge on any atom is -0.478 e. The van der Waals surface area contributed by atoms with Crippen LogP contribution in [0.2, 0.25) is 0 Å². The Kier molecular flexibility index (Phi) is 3.68. The number of ether oxygens (including phenoxy) is 1. The van der Waals surface area contributed by atoms with E-state index in [4.69, 9.17) is 15.6 Å². The second-order valence-electron chi connectivity index (χ2n) is 2.74. The predicted octanol–water partition coefficient (Wildman–Crippen LogP) is 1.16. The van der Waals surface area contributed by atoms with Gasteiger partial charge in [-0.25, -0.2) is 4.79 Å². The highest BCUT2D eigenvalue weighted by Gasteiger charge is 2.03. The van der Waals surface area contributed by atoms with Gasteiger partial charge in [-0.05, 0) is 25.1 Å². The summed E-state index contributed by atoms with van der Waals surface area (Å²) in [6.45, 7) is 2.26. The molecule has 0 atom stereocenters. The summed E-state index contributed by atoms with van der Waals surface area (Å²) in [6.07, 6.45) is 2.44. The lowest BCUT2D eigenvalue weighted by molar-refractivity contribution is -0.131. The monoisotopic (exact) mass is 208 g/mol. The molecule has 0 spiro atoms. The second kappa shape index (κ2) is 4.99. The first-order valence-corrected chi connectivity index (χ1v) is 4.43. The molecule has 0 aromatic carbocycles. The number of hydrogen-bond donors (Lipinski definition) is 2. The summed E-state index contributed by atoms with van der Waals surface area (Å²) in [4.78, 5) is 14.3. The van der Waals surface area contributed by atoms with E-state index in [9.17, 15) is 4.79 Å². The Morgan fingerprint density at radius 1 is 1.67 bits per heavy atom. The van der Waals surface area contributed by atoms with Crippen LogP contribution in [-0.4, -0.2) is 22.7 Å². The number of rotatable bonds is 4. The minimum absolute atomic E-state index is 0.339. The van der Waals surface area contributed by atoms with Gasteiger partial charge in [-0.15, -0.1) is 0 Å². The standard InChI is InChI=1S/C10H12N2O3/c1-2-15-10-7(4-6-9(13)14)3-5-8(11)12-10/h3-6H,2H2,1H3,(H2,11,12)(H,13,14)/b6-4+. The molecule has 80 valence electrons. The average Bonchev–Trinajstić information content (AvgIpc) is 2.17. The molecular weight excluding hydrogens is 196 g/mol. The number of nitrogens with zero attached hydrogens (tertiary/aromatic N) is 1. The predicted molar refractivity (Wildman–Crippen MR) is 56.5 cm³/mol. The molecule has 0 fully saturated rings. The van der Waals surface area contributed by atoms with Crippen LogP contribution in [0.25, 0.3) is 6.08 Å². The Bertz CT molecular complexity index is 388. The van der Waals surface area contributed by atoms with E-state index in [-0.39, 0.29) is 0 Å². The van der Waals surface area contributed by atoms with Crippen molar-refractivity contribution in [1.82, 2.24) is 4.98 Å². The van der Waals surface area contributed by atoms with Gasteiger partial charge in [-0.1, -0.05) is 0 Å². The molecular formula is C10H12N2O3. The minimum atomic E-state index is -1.02. The van der Waals surface area contributed by atoms with E-state index in [1.165, 1.54) is 6.08 Å². The van der Waals surface area contributed by atoms with Crippen molar-refractivity contribution < 1.29 is 14.6 Å². The average molecular weight is 208 g/mol. The molecule has 0 aliphatic rings. The van der Waals surface area contributed by atoms with Crippen molar-refractivity contribution in [3.63, 3.8) is 0 Å². The van der Waals surface area contributed by atoms with Crippen molar-refractivity contribution in [3.8, 4) is 5.88 Å². The molecule has 0 aliphatic carbocycles. The molecule has 0 bridgehead atoms. The molecule has 15 heavy (non-hydrogen) atoms. The van der Waals surface area contributed by atoms with Crippen LogP contribution >= 0.6 is 0 Å². The van der Waals surface area contributed by atoms with Crippen LogP contribution in [0.15, 0.2) is 18.2 Å². The number of carboxylic acids is 1. The van der Waals surface area contributed by atoms with E-state index in [0.29, 0.717) is 23.9 Å². The van der Waals surface area contributed by atoms with Gasteiger partial charge in [0.15, 0.2) is 0 Å². The van der Waals surface area contributed by atoms with E-state index in [1.807, 2.05) is 6.92 Å². The normalized spacial score (nSPS) is 10.5. The molecule has 1 rings (SSSR count). The first-order chi connectivity index (χ1) is 7.13. The Morgan fingerprint density at radius 3 is 3.00 bits per heavy atom. The van der Waals surface area contributed by atoms with Crippen molar-refractivity contribution in [2.75, 3.05) is 12.3 Å². The quantitative estimate of drug-likeness (QED) is 0.725. The van der Waals surface area contributed by atoms with Crippen molar-refractivity contribution in [1.29, 1.82) is 0 Å². The Balaban J connectivity index is 3.00. The molecule has 1 aromatic heterocycles. The molecule has 0 aliphatic heterocycles. The van der Waals surface area contributed by atoms with Crippen LogP contribution in [0, 0.1) is 0 Å². The molecule has 0 radical (unpaired) electrons. The van der Waals surface area contributed by atoms with Crippen molar-refractivity contribution in [3.05, 3.63) is 23.8 Å². The highest BCUT2D eigenvalue weighted by Crippen LogP contribution is 2.18. The van der Waals surface area contributed by atoms with E-state index in [1.54, 1.807) is 12.1 Å². The van der Waals surface area contributed by atoms with E-state index in [0.717, 1.165) is 6.08 Å². The third-order valence-corrected chi connectivity index (χ3v) is 1.60. The molecule has 0 unspecified atom stereocenters. The summed E-state index contributed by atoms with van der Waals surface area (Å²) in [6, 6.07) is 3.25. The van der Waals surface area contributed by atoms with Gasteiger partial charge < -0.3 is 15.6 Å². The molecule has 5 heteroatoms. The van der Waals surface area contributed by atoms with Crippen LogP contribution in [0.3, 0.4) is 0 Å². The Hall–Kier alpha value is -2.04. The van der Waals surface area contributed by atoms with Crippen molar-refractivity contribution >= 4 is 17.9 Å². The van der Waals surface area contributed by atoms with Crippen LogP contribution in [0.1, 0.15) is 12.5 Å². The van der Waals surface area contributed by atoms with Gasteiger partial charge >= 0.3 is 5.97 Å². The maximum atomic E-state index is 10.3. The summed E-state index contributed by atoms with van der Waals surface area (Å²) in [5.74, 6) is -0.338. The fourth-order valence-corrected chi connectivity index (χ4v) is 1.01. The van der Waals surface area contributed by atoms with Crippen LogP contribution in [-0.2, 0) is 4.79 Å². The zero-order valence-corrected chi connectivity index (χ0v) is 8.30. The van der Waals surface area contributed by atoms with E-state index < -0.39 is 5.97 Å². The fourth-order valence-electron chi connectivity index (χ4n) is 1.01. The van der Waals surface area contributed by atoms with Gasteiger partial charge in [-0.3, -0.25) is 0 Å². The van der Waals surface area contributed by atoms with Gasteiger partial charge in [0.25, 0.3) is 0 Å². The van der Waals surface area contributed by atoms with Gasteiger partial charge in [-0.2, -0.15) is 4.98 Å². The lowest BCUT2D eigenvalue weighted by Gasteiger charge is -2.05. The number of hydrogen-bond acceptors (Lipinski definition) is 4. The van der Waals surface area contributed by atoms with Gasteiger partial charge in [0, 0.05) is 11.6 Å². The molecule has 1 heterocycles. The summed E-state index contributed by atoms with van der Waals surface area (Å²) in [5.41, 5.74) is 6.07. The van der Waals surface area contributed by atoms with Gasteiger partial charge in [0.2, 0.25) is 5.88 Å². The number of nitrogens with two attached hydrogens (primary N) is 1. The SMILES string of the molecule is CCOc1nc(N)ccc1/C=C/C(=O)O. The number of nitrogen functional groups attached to an aromatic ring is 1. The van der Waals surface area contributed by atoms with Gasteiger partial charge in [0.05, 0.1) is 6.61 Å². The van der Waals surface area contributed by atoms with Crippen LogP contribution in [0.4, 0.5) is 5.82 Å². The van der Waals surface area contributed by atoms with Gasteiger partial charge in [0.1, 0.15) is 5.82 Å². The molecule has 5 nitrogen and oxygen atoms in total. The largest absolute Gasteiger partial charge is 0.478 e. The first kappa shape index (κ1) is 11.0. The van der Waals surface area contributed by atoms with Crippen LogP contribution < -0.4 is 10.5 Å². The third-order valence-electron chi connectivity index (χ3n) is 1.60. The maximum Gasteiger partial charge on any atom is 0.328 e. The highest BCUT2D eigenvalue weighted by molar-refractivity contribution is 5.85. The second-order valence-corrected chi connectivity index (χ2v) is 2.74. The molecule has 1 aromatic rings.